The number of rotatable bonds is 6. The Kier molecular flexibility index (Phi) is 4.64. The van der Waals surface area contributed by atoms with Gasteiger partial charge in [-0.05, 0) is 34.1 Å². The number of benzene rings is 2. The number of hydrogen-bond donors (Lipinski definition) is 2. The van der Waals surface area contributed by atoms with E-state index in [2.05, 4.69) is 40.8 Å². The minimum Gasteiger partial charge on any atom is -0.490 e. The number of aliphatic hydroxyl groups excluding tert-OH is 1. The van der Waals surface area contributed by atoms with E-state index in [0.717, 1.165) is 46.8 Å². The minimum absolute atomic E-state index is 0.240. The second-order valence-electron chi connectivity index (χ2n) is 9.21. The Morgan fingerprint density at radius 1 is 1.13 bits per heavy atom. The highest BCUT2D eigenvalue weighted by Gasteiger charge is 2.61. The van der Waals surface area contributed by atoms with Crippen molar-refractivity contribution in [2.45, 2.75) is 20.0 Å². The van der Waals surface area contributed by atoms with Crippen LogP contribution in [0.15, 0.2) is 48.8 Å². The molecular formula is C24H28N4O2. The van der Waals surface area contributed by atoms with Crippen molar-refractivity contribution in [2.75, 3.05) is 32.0 Å². The summed E-state index contributed by atoms with van der Waals surface area (Å²) in [5.41, 5.74) is 7.92. The zero-order valence-corrected chi connectivity index (χ0v) is 17.5. The van der Waals surface area contributed by atoms with Crippen molar-refractivity contribution in [1.29, 1.82) is 0 Å². The van der Waals surface area contributed by atoms with E-state index in [4.69, 9.17) is 10.5 Å². The highest BCUT2D eigenvalue weighted by Crippen LogP contribution is 2.61. The van der Waals surface area contributed by atoms with Gasteiger partial charge in [-0.1, -0.05) is 44.2 Å². The average molecular weight is 405 g/mol. The van der Waals surface area contributed by atoms with Crippen LogP contribution >= 0.6 is 0 Å². The molecule has 0 bridgehead atoms. The molecule has 156 valence electrons. The largest absolute Gasteiger partial charge is 0.490 e. The SMILES string of the molecule is CC1(C)[C@@H]2CN(CC(O)COc3ccc4ccccc4c3-c3cnc(N)nc3)C[C@@H]21. The van der Waals surface area contributed by atoms with Gasteiger partial charge in [0.05, 0.1) is 0 Å². The maximum atomic E-state index is 10.6. The molecule has 2 aromatic carbocycles. The maximum absolute atomic E-state index is 10.6. The Bertz CT molecular complexity index is 1050. The molecule has 3 N–H and O–H groups in total. The molecule has 30 heavy (non-hydrogen) atoms. The Balaban J connectivity index is 1.33. The molecule has 1 aliphatic heterocycles. The fourth-order valence-electron chi connectivity index (χ4n) is 5.04. The van der Waals surface area contributed by atoms with Crippen LogP contribution in [0.3, 0.4) is 0 Å². The topological polar surface area (TPSA) is 84.5 Å². The van der Waals surface area contributed by atoms with Crippen LogP contribution in [0.2, 0.25) is 0 Å². The van der Waals surface area contributed by atoms with Crippen molar-refractivity contribution in [3.8, 4) is 16.9 Å². The van der Waals surface area contributed by atoms with Gasteiger partial charge in [-0.3, -0.25) is 0 Å². The highest BCUT2D eigenvalue weighted by atomic mass is 16.5. The van der Waals surface area contributed by atoms with Gasteiger partial charge < -0.3 is 20.5 Å². The molecule has 1 aromatic heterocycles. The first-order chi connectivity index (χ1) is 14.4. The van der Waals surface area contributed by atoms with E-state index in [0.29, 0.717) is 17.7 Å². The van der Waals surface area contributed by atoms with Gasteiger partial charge in [-0.25, -0.2) is 9.97 Å². The summed E-state index contributed by atoms with van der Waals surface area (Å²) in [5.74, 6) is 2.52. The third kappa shape index (κ3) is 3.40. The van der Waals surface area contributed by atoms with Gasteiger partial charge in [-0.15, -0.1) is 0 Å². The third-order valence-electron chi connectivity index (χ3n) is 6.95. The van der Waals surface area contributed by atoms with Crippen LogP contribution in [0.4, 0.5) is 5.95 Å². The Morgan fingerprint density at radius 2 is 1.83 bits per heavy atom. The lowest BCUT2D eigenvalue weighted by molar-refractivity contribution is 0.0688. The molecule has 2 heterocycles. The molecule has 1 saturated carbocycles. The normalized spacial score (nSPS) is 23.3. The summed E-state index contributed by atoms with van der Waals surface area (Å²) in [7, 11) is 0. The first kappa shape index (κ1) is 19.3. The smallest absolute Gasteiger partial charge is 0.219 e. The van der Waals surface area contributed by atoms with E-state index in [1.165, 1.54) is 0 Å². The molecule has 5 rings (SSSR count). The van der Waals surface area contributed by atoms with Crippen molar-refractivity contribution in [3.05, 3.63) is 48.8 Å². The molecule has 6 heteroatoms. The van der Waals surface area contributed by atoms with Crippen LogP contribution < -0.4 is 10.5 Å². The Labute approximate surface area is 176 Å². The number of ether oxygens (including phenoxy) is 1. The average Bonchev–Trinajstić information content (AvgIpc) is 3.05. The number of nitrogens with zero attached hydrogens (tertiary/aromatic N) is 3. The predicted molar refractivity (Wildman–Crippen MR) is 118 cm³/mol. The van der Waals surface area contributed by atoms with E-state index >= 15 is 0 Å². The van der Waals surface area contributed by atoms with Crippen LogP contribution in [0.25, 0.3) is 21.9 Å². The summed E-state index contributed by atoms with van der Waals surface area (Å²) < 4.78 is 6.12. The number of piperidine rings is 1. The number of β-amino-alcohol motifs (C(OH)–C–C–N with tert-alkyl or cyclic N) is 1. The Morgan fingerprint density at radius 3 is 2.57 bits per heavy atom. The van der Waals surface area contributed by atoms with E-state index in [1.807, 2.05) is 24.3 Å². The van der Waals surface area contributed by atoms with Gasteiger partial charge in [-0.2, -0.15) is 0 Å². The summed E-state index contributed by atoms with van der Waals surface area (Å²) in [6, 6.07) is 12.1. The van der Waals surface area contributed by atoms with Gasteiger partial charge in [0.2, 0.25) is 5.95 Å². The zero-order chi connectivity index (χ0) is 20.9. The van der Waals surface area contributed by atoms with E-state index in [1.54, 1.807) is 12.4 Å². The monoisotopic (exact) mass is 404 g/mol. The molecule has 3 aromatic rings. The second-order valence-corrected chi connectivity index (χ2v) is 9.21. The molecule has 1 saturated heterocycles. The molecule has 1 aliphatic carbocycles. The van der Waals surface area contributed by atoms with E-state index < -0.39 is 6.10 Å². The van der Waals surface area contributed by atoms with Gasteiger partial charge in [0, 0.05) is 43.2 Å². The first-order valence-corrected chi connectivity index (χ1v) is 10.6. The van der Waals surface area contributed by atoms with Gasteiger partial charge in [0.1, 0.15) is 18.5 Å². The minimum atomic E-state index is -0.535. The standard InChI is InChI=1S/C24H28N4O2/c1-24(2)19-12-28(13-20(19)24)11-17(29)14-30-21-8-7-15-5-3-4-6-18(15)22(21)16-9-26-23(25)27-10-16/h3-10,17,19-20,29H,11-14H2,1-2H3,(H2,25,26,27)/t17?,19-,20+. The molecule has 3 atom stereocenters. The Hall–Kier alpha value is -2.70. The number of hydrogen-bond acceptors (Lipinski definition) is 6. The van der Waals surface area contributed by atoms with E-state index in [-0.39, 0.29) is 12.6 Å². The highest BCUT2D eigenvalue weighted by molar-refractivity contribution is 5.99. The maximum Gasteiger partial charge on any atom is 0.219 e. The second kappa shape index (κ2) is 7.22. The number of nitrogen functional groups attached to an aromatic ring is 1. The van der Waals surface area contributed by atoms with Crippen molar-refractivity contribution in [1.82, 2.24) is 14.9 Å². The summed E-state index contributed by atoms with van der Waals surface area (Å²) in [5, 5.41) is 12.8. The van der Waals surface area contributed by atoms with Crippen molar-refractivity contribution >= 4 is 16.7 Å². The lowest BCUT2D eigenvalue weighted by Crippen LogP contribution is -2.36. The van der Waals surface area contributed by atoms with Crippen molar-refractivity contribution in [3.63, 3.8) is 0 Å². The van der Waals surface area contributed by atoms with Gasteiger partial charge in [0.25, 0.3) is 0 Å². The van der Waals surface area contributed by atoms with Crippen LogP contribution in [-0.2, 0) is 0 Å². The first-order valence-electron chi connectivity index (χ1n) is 10.6. The fraction of sp³-hybridized carbons (Fsp3) is 0.417. The molecule has 0 amide bonds. The van der Waals surface area contributed by atoms with E-state index in [9.17, 15) is 5.11 Å². The van der Waals surface area contributed by atoms with Crippen molar-refractivity contribution in [2.24, 2.45) is 17.3 Å². The molecule has 0 spiro atoms. The molecule has 1 unspecified atom stereocenters. The number of aromatic nitrogens is 2. The molecule has 0 radical (unpaired) electrons. The van der Waals surface area contributed by atoms with Gasteiger partial charge in [0.15, 0.2) is 0 Å². The molecular weight excluding hydrogens is 376 g/mol. The third-order valence-corrected chi connectivity index (χ3v) is 6.95. The molecule has 2 fully saturated rings. The predicted octanol–water partition coefficient (Wildman–Crippen LogP) is 3.21. The lowest BCUT2D eigenvalue weighted by Gasteiger charge is -2.24. The number of fused-ring (bicyclic) bond motifs is 2. The fourth-order valence-corrected chi connectivity index (χ4v) is 5.04. The number of anilines is 1. The van der Waals surface area contributed by atoms with Crippen LogP contribution in [-0.4, -0.2) is 52.3 Å². The van der Waals surface area contributed by atoms with Crippen LogP contribution in [0, 0.1) is 17.3 Å². The summed E-state index contributed by atoms with van der Waals surface area (Å²) in [6.45, 7) is 7.76. The number of likely N-dealkylation sites (tertiary alicyclic amines) is 1. The van der Waals surface area contributed by atoms with Crippen LogP contribution in [0.1, 0.15) is 13.8 Å². The summed E-state index contributed by atoms with van der Waals surface area (Å²) >= 11 is 0. The quantitative estimate of drug-likeness (QED) is 0.656. The lowest BCUT2D eigenvalue weighted by atomic mass is 9.99. The molecule has 6 nitrogen and oxygen atoms in total. The zero-order valence-electron chi connectivity index (χ0n) is 17.5. The van der Waals surface area contributed by atoms with Crippen LogP contribution in [0.5, 0.6) is 5.75 Å². The number of aliphatic hydroxyl groups is 1. The van der Waals surface area contributed by atoms with Gasteiger partial charge >= 0.3 is 0 Å². The van der Waals surface area contributed by atoms with Crippen molar-refractivity contribution < 1.29 is 9.84 Å². The number of nitrogens with two attached hydrogens (primary N) is 1. The summed E-state index contributed by atoms with van der Waals surface area (Å²) in [6.07, 6.45) is 2.89. The summed E-state index contributed by atoms with van der Waals surface area (Å²) in [4.78, 5) is 10.7. The molecule has 2 aliphatic rings.